The summed E-state index contributed by atoms with van der Waals surface area (Å²) in [6, 6.07) is 0. The first-order valence-electron chi connectivity index (χ1n) is 3.65. The van der Waals surface area contributed by atoms with Gasteiger partial charge in [0.1, 0.15) is 21.4 Å². The summed E-state index contributed by atoms with van der Waals surface area (Å²) in [4.78, 5) is 0. The molecule has 0 bridgehead atoms. The molecule has 0 aromatic heterocycles. The Morgan fingerprint density at radius 1 is 0.400 bits per heavy atom. The van der Waals surface area contributed by atoms with Gasteiger partial charge in [-0.2, -0.15) is 52.7 Å². The van der Waals surface area contributed by atoms with E-state index in [0.29, 0.717) is 0 Å². The van der Waals surface area contributed by atoms with Crippen LogP contribution in [-0.2, 0) is 21.4 Å². The third kappa shape index (κ3) is 5.84. The number of hydrogen-bond donors (Lipinski definition) is 0. The van der Waals surface area contributed by atoms with E-state index in [9.17, 15) is 52.7 Å². The lowest BCUT2D eigenvalue weighted by Crippen LogP contribution is -2.31. The maximum Gasteiger partial charge on any atom is 0.462 e. The van der Waals surface area contributed by atoms with E-state index < -0.39 is 43.4 Å². The molecule has 16 heteroatoms. The molecule has 0 aromatic carbocycles. The van der Waals surface area contributed by atoms with Crippen LogP contribution in [0.15, 0.2) is 8.94 Å². The van der Waals surface area contributed by atoms with Gasteiger partial charge in [-0.15, -0.1) is 8.94 Å². The summed E-state index contributed by atoms with van der Waals surface area (Å²) in [5.41, 5.74) is -24.8. The molecule has 0 atom stereocenters. The van der Waals surface area contributed by atoms with Crippen molar-refractivity contribution in [2.24, 2.45) is 8.94 Å². The molecule has 0 heterocycles. The van der Waals surface area contributed by atoms with Crippen molar-refractivity contribution < 1.29 is 52.7 Å². The van der Waals surface area contributed by atoms with Crippen molar-refractivity contribution >= 4 is 21.4 Å². The van der Waals surface area contributed by atoms with Crippen LogP contribution in [0.3, 0.4) is 0 Å². The topological polar surface area (TPSA) is 24.7 Å². The van der Waals surface area contributed by atoms with Gasteiger partial charge in [-0.1, -0.05) is 0 Å². The molecular weight excluding hydrogens is 368 g/mol. The van der Waals surface area contributed by atoms with Crippen molar-refractivity contribution in [1.29, 1.82) is 0 Å². The van der Waals surface area contributed by atoms with Crippen molar-refractivity contribution in [1.82, 2.24) is 0 Å². The Hall–Kier alpha value is -0.540. The summed E-state index contributed by atoms with van der Waals surface area (Å²) < 4.78 is 144. The predicted molar refractivity (Wildman–Crippen MR) is 43.8 cm³/mol. The Balaban J connectivity index is 5.95. The lowest BCUT2D eigenvalue weighted by atomic mass is 11.5. The van der Waals surface area contributed by atoms with Gasteiger partial charge in [-0.25, -0.2) is 0 Å². The highest BCUT2D eigenvalue weighted by Crippen LogP contribution is 2.38. The van der Waals surface area contributed by atoms with Crippen LogP contribution in [0.5, 0.6) is 0 Å². The third-order valence-electron chi connectivity index (χ3n) is 1.07. The molecule has 2 nitrogen and oxygen atoms in total. The molecular formula is C4F12N2S2. The molecule has 0 rings (SSSR count). The highest BCUT2D eigenvalue weighted by Gasteiger charge is 2.55. The Kier molecular flexibility index (Phi) is 5.53. The molecule has 0 aromatic rings. The van der Waals surface area contributed by atoms with E-state index in [-0.39, 0.29) is 0 Å². The monoisotopic (exact) mass is 368 g/mol. The number of halogens is 12. The Morgan fingerprint density at radius 2 is 0.550 bits per heavy atom. The molecule has 0 spiro atoms. The van der Waals surface area contributed by atoms with Crippen molar-refractivity contribution in [3.8, 4) is 0 Å². The normalized spacial score (nSPS) is 14.9. The van der Waals surface area contributed by atoms with Gasteiger partial charge in [0.2, 0.25) is 0 Å². The average Bonchev–Trinajstić information content (AvgIpc) is 2.02. The van der Waals surface area contributed by atoms with E-state index in [4.69, 9.17) is 0 Å². The summed E-state index contributed by atoms with van der Waals surface area (Å²) in [6.45, 7) is 0. The van der Waals surface area contributed by atoms with E-state index in [1.807, 2.05) is 0 Å². The fourth-order valence-corrected chi connectivity index (χ4v) is 1.94. The molecule has 20 heavy (non-hydrogen) atoms. The van der Waals surface area contributed by atoms with Crippen LogP contribution in [0.4, 0.5) is 52.7 Å². The van der Waals surface area contributed by atoms with E-state index in [1.165, 1.54) is 8.94 Å². The highest BCUT2D eigenvalue weighted by atomic mass is 32.2. The van der Waals surface area contributed by atoms with E-state index in [2.05, 4.69) is 0 Å². The highest BCUT2D eigenvalue weighted by molar-refractivity contribution is 7.90. The predicted octanol–water partition coefficient (Wildman–Crippen LogP) is 4.58. The van der Waals surface area contributed by atoms with Crippen LogP contribution < -0.4 is 0 Å². The second-order valence-corrected chi connectivity index (χ2v) is 5.83. The van der Waals surface area contributed by atoms with Gasteiger partial charge in [-0.3, -0.25) is 0 Å². The maximum atomic E-state index is 11.8. The molecule has 0 fully saturated rings. The number of nitrogens with zero attached hydrogens (tertiary/aromatic N) is 2. The zero-order chi connectivity index (χ0) is 16.6. The zero-order valence-electron chi connectivity index (χ0n) is 8.25. The third-order valence-corrected chi connectivity index (χ3v) is 3.42. The van der Waals surface area contributed by atoms with E-state index >= 15 is 0 Å². The van der Waals surface area contributed by atoms with Gasteiger partial charge >= 0.3 is 22.0 Å². The summed E-state index contributed by atoms with van der Waals surface area (Å²) in [5, 5.41) is 0. The van der Waals surface area contributed by atoms with Crippen LogP contribution in [0.25, 0.3) is 0 Å². The lowest BCUT2D eigenvalue weighted by Gasteiger charge is -2.15. The second-order valence-electron chi connectivity index (χ2n) is 2.52. The number of alkyl halides is 12. The molecule has 0 radical (unpaired) electrons. The van der Waals surface area contributed by atoms with Crippen molar-refractivity contribution in [3.63, 3.8) is 0 Å². The fraction of sp³-hybridized carbons (Fsp3) is 1.00. The van der Waals surface area contributed by atoms with Gasteiger partial charge in [0.15, 0.2) is 0 Å². The molecule has 0 aliphatic carbocycles. The van der Waals surface area contributed by atoms with Gasteiger partial charge in [0.25, 0.3) is 0 Å². The first kappa shape index (κ1) is 19.5. The minimum Gasteiger partial charge on any atom is -0.159 e. The molecule has 0 saturated heterocycles. The zero-order valence-corrected chi connectivity index (χ0v) is 9.88. The van der Waals surface area contributed by atoms with Crippen LogP contribution in [0.1, 0.15) is 0 Å². The SMILES string of the molecule is FC(F)(F)S(=NN=S(C(F)(F)F)C(F)(F)F)C(F)(F)F. The summed E-state index contributed by atoms with van der Waals surface area (Å²) in [7, 11) is -10.2. The standard InChI is InChI=1S/C4F12N2S2/c5-1(6,7)19(2(8,9)10)17-18-20(3(11,12)13)4(14,15)16. The van der Waals surface area contributed by atoms with E-state index in [1.54, 1.807) is 0 Å². The Labute approximate surface area is 106 Å². The first-order valence-corrected chi connectivity index (χ1v) is 6.01. The van der Waals surface area contributed by atoms with Crippen molar-refractivity contribution in [2.75, 3.05) is 0 Å². The van der Waals surface area contributed by atoms with Crippen LogP contribution in [0.2, 0.25) is 0 Å². The summed E-state index contributed by atoms with van der Waals surface area (Å²) in [5.74, 6) is 0. The van der Waals surface area contributed by atoms with Gasteiger partial charge < -0.3 is 0 Å². The molecule has 0 amide bonds. The van der Waals surface area contributed by atoms with Crippen molar-refractivity contribution in [2.45, 2.75) is 22.0 Å². The molecule has 0 saturated carbocycles. The molecule has 0 aliphatic heterocycles. The molecule has 122 valence electrons. The summed E-state index contributed by atoms with van der Waals surface area (Å²) in [6.07, 6.45) is 0. The molecule has 0 unspecified atom stereocenters. The van der Waals surface area contributed by atoms with Crippen LogP contribution in [0, 0.1) is 0 Å². The minimum absolute atomic E-state index is 1.17. The maximum absolute atomic E-state index is 11.8. The lowest BCUT2D eigenvalue weighted by molar-refractivity contribution is -0.0778. The fourth-order valence-electron chi connectivity index (χ4n) is 0.514. The van der Waals surface area contributed by atoms with Gasteiger partial charge in [0.05, 0.1) is 0 Å². The number of rotatable bonds is 1. The quantitative estimate of drug-likeness (QED) is 0.478. The largest absolute Gasteiger partial charge is 0.462 e. The minimum atomic E-state index is -6.20. The molecule has 0 aliphatic rings. The van der Waals surface area contributed by atoms with E-state index in [0.717, 1.165) is 0 Å². The van der Waals surface area contributed by atoms with Gasteiger partial charge in [-0.05, 0) is 0 Å². The Bertz CT molecular complexity index is 335. The van der Waals surface area contributed by atoms with Crippen LogP contribution in [-0.4, -0.2) is 22.0 Å². The first-order chi connectivity index (χ1) is 8.47. The second kappa shape index (κ2) is 5.69. The molecule has 0 N–H and O–H groups in total. The average molecular weight is 368 g/mol. The summed E-state index contributed by atoms with van der Waals surface area (Å²) >= 11 is 0. The Morgan fingerprint density at radius 3 is 0.650 bits per heavy atom. The number of hydrogen-bond acceptors (Lipinski definition) is 0. The van der Waals surface area contributed by atoms with Gasteiger partial charge in [0, 0.05) is 0 Å². The smallest absolute Gasteiger partial charge is 0.159 e. The van der Waals surface area contributed by atoms with Crippen molar-refractivity contribution in [3.05, 3.63) is 0 Å². The van der Waals surface area contributed by atoms with Crippen LogP contribution >= 0.6 is 0 Å².